The van der Waals surface area contributed by atoms with Crippen molar-refractivity contribution in [2.45, 2.75) is 19.9 Å². The predicted molar refractivity (Wildman–Crippen MR) is 89.4 cm³/mol. The van der Waals surface area contributed by atoms with E-state index in [1.165, 1.54) is 15.4 Å². The minimum absolute atomic E-state index is 0.271. The molecule has 1 fully saturated rings. The van der Waals surface area contributed by atoms with Crippen LogP contribution in [0.15, 0.2) is 29.3 Å². The first-order valence-corrected chi connectivity index (χ1v) is 9.10. The van der Waals surface area contributed by atoms with Gasteiger partial charge in [0.2, 0.25) is 10.0 Å². The van der Waals surface area contributed by atoms with Crippen LogP contribution >= 0.6 is 0 Å². The summed E-state index contributed by atoms with van der Waals surface area (Å²) in [5.74, 6) is 0.950. The topological polar surface area (TPSA) is 73.8 Å². The highest BCUT2D eigenvalue weighted by Gasteiger charge is 2.27. The Kier molecular flexibility index (Phi) is 5.79. The average Bonchev–Trinajstić information content (AvgIpc) is 2.81. The Hall–Kier alpha value is -1.60. The van der Waals surface area contributed by atoms with E-state index in [2.05, 4.69) is 40.7 Å². The first kappa shape index (κ1) is 16.8. The fraction of sp³-hybridized carbons (Fsp3) is 0.533. The van der Waals surface area contributed by atoms with Crippen LogP contribution in [0.25, 0.3) is 0 Å². The van der Waals surface area contributed by atoms with Crippen molar-refractivity contribution in [1.29, 1.82) is 0 Å². The van der Waals surface area contributed by atoms with Crippen LogP contribution in [-0.4, -0.2) is 51.1 Å². The molecule has 1 aromatic carbocycles. The molecule has 0 unspecified atom stereocenters. The van der Waals surface area contributed by atoms with E-state index in [1.54, 1.807) is 7.05 Å². The highest BCUT2D eigenvalue weighted by atomic mass is 32.2. The molecule has 2 rings (SSSR count). The van der Waals surface area contributed by atoms with Gasteiger partial charge in [-0.25, -0.2) is 12.7 Å². The van der Waals surface area contributed by atoms with E-state index < -0.39 is 10.0 Å². The van der Waals surface area contributed by atoms with E-state index in [-0.39, 0.29) is 5.75 Å². The third-order valence-corrected chi connectivity index (χ3v) is 5.58. The van der Waals surface area contributed by atoms with Gasteiger partial charge in [0.1, 0.15) is 0 Å². The summed E-state index contributed by atoms with van der Waals surface area (Å²) in [5.41, 5.74) is 2.41. The molecule has 1 aromatic rings. The molecule has 0 bridgehead atoms. The number of sulfonamides is 1. The maximum absolute atomic E-state index is 11.7. The minimum Gasteiger partial charge on any atom is -0.355 e. The van der Waals surface area contributed by atoms with Crippen molar-refractivity contribution in [3.05, 3.63) is 35.4 Å². The van der Waals surface area contributed by atoms with Crippen molar-refractivity contribution in [1.82, 2.24) is 14.9 Å². The summed E-state index contributed by atoms with van der Waals surface area (Å²) in [6.45, 7) is 4.40. The van der Waals surface area contributed by atoms with Crippen LogP contribution in [0, 0.1) is 6.92 Å². The number of hydrogen-bond acceptors (Lipinski definition) is 3. The second kappa shape index (κ2) is 7.60. The van der Waals surface area contributed by atoms with Gasteiger partial charge in [-0.15, -0.1) is 0 Å². The fourth-order valence-corrected chi connectivity index (χ4v) is 4.00. The molecule has 6 nitrogen and oxygen atoms in total. The second-order valence-electron chi connectivity index (χ2n) is 5.41. The smallest absolute Gasteiger partial charge is 0.214 e. The molecule has 0 aromatic heterocycles. The van der Waals surface area contributed by atoms with Crippen LogP contribution in [0.4, 0.5) is 0 Å². The van der Waals surface area contributed by atoms with E-state index >= 15 is 0 Å². The fourth-order valence-electron chi connectivity index (χ4n) is 2.47. The number of nitrogens with zero attached hydrogens (tertiary/aromatic N) is 2. The molecule has 1 aliphatic rings. The van der Waals surface area contributed by atoms with Crippen molar-refractivity contribution in [3.8, 4) is 0 Å². The van der Waals surface area contributed by atoms with Crippen LogP contribution in [0.2, 0.25) is 0 Å². The Balaban J connectivity index is 1.76. The molecule has 1 heterocycles. The Bertz CT molecular complexity index is 628. The summed E-state index contributed by atoms with van der Waals surface area (Å²) in [6.07, 6.45) is 0.725. The molecular formula is C15H24N4O2S. The van der Waals surface area contributed by atoms with Crippen molar-refractivity contribution >= 4 is 16.0 Å². The molecule has 1 saturated heterocycles. The monoisotopic (exact) mass is 324 g/mol. The highest BCUT2D eigenvalue weighted by molar-refractivity contribution is 7.89. The standard InChI is InChI=1S/C15H24N4O2S/c1-13-5-3-6-14(11-13)12-18-15(16-2)17-7-9-19-8-4-10-22(19,20)21/h3,5-6,11H,4,7-10,12H2,1-2H3,(H2,16,17,18). The molecule has 2 N–H and O–H groups in total. The lowest BCUT2D eigenvalue weighted by molar-refractivity contribution is 0.445. The van der Waals surface area contributed by atoms with Crippen LogP contribution in [0.3, 0.4) is 0 Å². The van der Waals surface area contributed by atoms with E-state index in [1.807, 2.05) is 6.07 Å². The first-order valence-electron chi connectivity index (χ1n) is 7.49. The van der Waals surface area contributed by atoms with Crippen molar-refractivity contribution in [2.24, 2.45) is 4.99 Å². The number of rotatable bonds is 5. The summed E-state index contributed by atoms with van der Waals surface area (Å²) in [5, 5.41) is 6.38. The zero-order valence-electron chi connectivity index (χ0n) is 13.2. The van der Waals surface area contributed by atoms with Crippen LogP contribution in [0.5, 0.6) is 0 Å². The molecule has 0 spiro atoms. The van der Waals surface area contributed by atoms with Crippen molar-refractivity contribution in [3.63, 3.8) is 0 Å². The molecule has 0 radical (unpaired) electrons. The van der Waals surface area contributed by atoms with Crippen LogP contribution in [0.1, 0.15) is 17.5 Å². The molecule has 0 atom stereocenters. The molecule has 0 saturated carbocycles. The summed E-state index contributed by atoms with van der Waals surface area (Å²) in [4.78, 5) is 4.15. The van der Waals surface area contributed by atoms with E-state index in [0.29, 0.717) is 32.1 Å². The third kappa shape index (κ3) is 4.71. The lowest BCUT2D eigenvalue weighted by Crippen LogP contribution is -2.41. The highest BCUT2D eigenvalue weighted by Crippen LogP contribution is 2.11. The second-order valence-corrected chi connectivity index (χ2v) is 7.50. The summed E-state index contributed by atoms with van der Waals surface area (Å²) in [7, 11) is -1.31. The largest absolute Gasteiger partial charge is 0.355 e. The predicted octanol–water partition coefficient (Wildman–Crippen LogP) is 0.696. The van der Waals surface area contributed by atoms with Crippen LogP contribution in [-0.2, 0) is 16.6 Å². The average molecular weight is 324 g/mol. The number of hydrogen-bond donors (Lipinski definition) is 2. The van der Waals surface area contributed by atoms with Gasteiger partial charge in [-0.05, 0) is 18.9 Å². The summed E-state index contributed by atoms with van der Waals surface area (Å²) < 4.78 is 24.9. The van der Waals surface area contributed by atoms with Gasteiger partial charge < -0.3 is 10.6 Å². The van der Waals surface area contributed by atoms with Crippen molar-refractivity contribution in [2.75, 3.05) is 32.4 Å². The number of guanidine groups is 1. The lowest BCUT2D eigenvalue weighted by atomic mass is 10.1. The third-order valence-electron chi connectivity index (χ3n) is 3.62. The number of nitrogens with one attached hydrogen (secondary N) is 2. The van der Waals surface area contributed by atoms with Gasteiger partial charge in [-0.3, -0.25) is 4.99 Å². The van der Waals surface area contributed by atoms with Gasteiger partial charge in [0.05, 0.1) is 5.75 Å². The quantitative estimate of drug-likeness (QED) is 0.617. The molecule has 7 heteroatoms. The Morgan fingerprint density at radius 3 is 2.82 bits per heavy atom. The van der Waals surface area contributed by atoms with Crippen molar-refractivity contribution < 1.29 is 8.42 Å². The number of benzene rings is 1. The molecule has 22 heavy (non-hydrogen) atoms. The normalized spacial score (nSPS) is 18.4. The number of aryl methyl sites for hydroxylation is 1. The number of aliphatic imine (C=N–C) groups is 1. The Morgan fingerprint density at radius 1 is 1.36 bits per heavy atom. The Morgan fingerprint density at radius 2 is 2.18 bits per heavy atom. The summed E-state index contributed by atoms with van der Waals surface area (Å²) in [6, 6.07) is 8.27. The molecular weight excluding hydrogens is 300 g/mol. The van der Waals surface area contributed by atoms with E-state index in [9.17, 15) is 8.42 Å². The Labute approximate surface area is 132 Å². The molecule has 1 aliphatic heterocycles. The van der Waals surface area contributed by atoms with Gasteiger partial charge >= 0.3 is 0 Å². The zero-order valence-corrected chi connectivity index (χ0v) is 14.0. The van der Waals surface area contributed by atoms with Crippen LogP contribution < -0.4 is 10.6 Å². The van der Waals surface area contributed by atoms with Gasteiger partial charge in [0, 0.05) is 33.2 Å². The maximum atomic E-state index is 11.7. The SMILES string of the molecule is CN=C(NCCN1CCCS1(=O)=O)NCc1cccc(C)c1. The molecule has 0 aliphatic carbocycles. The minimum atomic E-state index is -3.02. The van der Waals surface area contributed by atoms with Gasteiger partial charge in [-0.2, -0.15) is 0 Å². The van der Waals surface area contributed by atoms with Gasteiger partial charge in [0.15, 0.2) is 5.96 Å². The van der Waals surface area contributed by atoms with E-state index in [0.717, 1.165) is 6.42 Å². The van der Waals surface area contributed by atoms with Gasteiger partial charge in [0.25, 0.3) is 0 Å². The first-order chi connectivity index (χ1) is 10.5. The lowest BCUT2D eigenvalue weighted by Gasteiger charge is -2.16. The maximum Gasteiger partial charge on any atom is 0.214 e. The van der Waals surface area contributed by atoms with E-state index in [4.69, 9.17) is 0 Å². The zero-order chi connectivity index (χ0) is 16.0. The molecule has 122 valence electrons. The summed E-state index contributed by atoms with van der Waals surface area (Å²) >= 11 is 0. The molecule has 0 amide bonds. The van der Waals surface area contributed by atoms with Gasteiger partial charge in [-0.1, -0.05) is 29.8 Å².